The SMILES string of the molecule is CC(=O)C=C(C)[O-].CC(=O)C=C(C)[O-].[Cl-].[Cl-].[Pt+4]. The topological polar surface area (TPSA) is 80.3 Å². The first kappa shape index (κ1) is 30.1. The molecule has 0 aliphatic carbocycles. The van der Waals surface area contributed by atoms with Crippen LogP contribution in [0.15, 0.2) is 23.7 Å². The largest absolute Gasteiger partial charge is 4.00 e. The molecule has 7 heteroatoms. The van der Waals surface area contributed by atoms with Crippen molar-refractivity contribution in [2.24, 2.45) is 0 Å². The predicted octanol–water partition coefficient (Wildman–Crippen LogP) is -6.32. The summed E-state index contributed by atoms with van der Waals surface area (Å²) in [6.07, 6.45) is 2.11. The van der Waals surface area contributed by atoms with Gasteiger partial charge < -0.3 is 35.0 Å². The normalized spacial score (nSPS) is 9.41. The van der Waals surface area contributed by atoms with Gasteiger partial charge in [-0.15, -0.1) is 11.5 Å². The van der Waals surface area contributed by atoms with Crippen molar-refractivity contribution < 1.29 is 65.7 Å². The monoisotopic (exact) mass is 463 g/mol. The molecule has 0 aliphatic heterocycles. The zero-order valence-electron chi connectivity index (χ0n) is 9.86. The number of halogens is 2. The molecule has 0 saturated carbocycles. The van der Waals surface area contributed by atoms with Gasteiger partial charge in [-0.2, -0.15) is 0 Å². The Balaban J connectivity index is -0.0000000480. The van der Waals surface area contributed by atoms with E-state index < -0.39 is 0 Å². The fourth-order valence-corrected chi connectivity index (χ4v) is 0.572. The van der Waals surface area contributed by atoms with Gasteiger partial charge in [-0.25, -0.2) is 0 Å². The van der Waals surface area contributed by atoms with Crippen molar-refractivity contribution in [2.45, 2.75) is 27.7 Å². The molecule has 4 nitrogen and oxygen atoms in total. The Bertz CT molecular complexity index is 239. The fraction of sp³-hybridized carbons (Fsp3) is 0.400. The molecule has 0 bridgehead atoms. The Morgan fingerprint density at radius 2 is 0.941 bits per heavy atom. The molecule has 102 valence electrons. The third kappa shape index (κ3) is 49.7. The molecule has 0 spiro atoms. The van der Waals surface area contributed by atoms with Crippen LogP contribution in [-0.2, 0) is 30.7 Å². The Morgan fingerprint density at radius 3 is 0.941 bits per heavy atom. The molecule has 0 radical (unpaired) electrons. The number of ketones is 2. The molecule has 0 aliphatic rings. The fourth-order valence-electron chi connectivity index (χ4n) is 0.572. The van der Waals surface area contributed by atoms with Crippen molar-refractivity contribution in [1.29, 1.82) is 0 Å². The summed E-state index contributed by atoms with van der Waals surface area (Å²) >= 11 is 0. The molecule has 17 heavy (non-hydrogen) atoms. The van der Waals surface area contributed by atoms with E-state index in [1.54, 1.807) is 0 Å². The van der Waals surface area contributed by atoms with Crippen LogP contribution in [-0.4, -0.2) is 11.6 Å². The molecule has 0 rings (SSSR count). The van der Waals surface area contributed by atoms with Crippen LogP contribution in [0.3, 0.4) is 0 Å². The van der Waals surface area contributed by atoms with Crippen LogP contribution in [0.5, 0.6) is 0 Å². The zero-order valence-corrected chi connectivity index (χ0v) is 13.6. The third-order valence-electron chi connectivity index (χ3n) is 0.813. The Labute approximate surface area is 128 Å². The van der Waals surface area contributed by atoms with Crippen LogP contribution in [0.2, 0.25) is 0 Å². The molecular weight excluding hydrogens is 450 g/mol. The maximum atomic E-state index is 9.98. The summed E-state index contributed by atoms with van der Waals surface area (Å²) in [6, 6.07) is 0. The van der Waals surface area contributed by atoms with Crippen LogP contribution in [0.4, 0.5) is 0 Å². The summed E-state index contributed by atoms with van der Waals surface area (Å²) in [7, 11) is 0. The Kier molecular flexibility index (Phi) is 31.9. The van der Waals surface area contributed by atoms with Crippen molar-refractivity contribution in [3.8, 4) is 0 Å². The van der Waals surface area contributed by atoms with E-state index in [1.165, 1.54) is 27.7 Å². The summed E-state index contributed by atoms with van der Waals surface area (Å²) in [6.45, 7) is 5.39. The molecule has 0 aromatic heterocycles. The maximum Gasteiger partial charge on any atom is 4.00 e. The van der Waals surface area contributed by atoms with Crippen LogP contribution in [0.1, 0.15) is 27.7 Å². The van der Waals surface area contributed by atoms with Crippen molar-refractivity contribution in [2.75, 3.05) is 0 Å². The van der Waals surface area contributed by atoms with Crippen LogP contribution in [0, 0.1) is 0 Å². The number of rotatable bonds is 2. The van der Waals surface area contributed by atoms with Gasteiger partial charge in [-0.05, 0) is 26.0 Å². The second-order valence-corrected chi connectivity index (χ2v) is 2.73. The average molecular weight is 464 g/mol. The van der Waals surface area contributed by atoms with E-state index in [2.05, 4.69) is 0 Å². The summed E-state index contributed by atoms with van der Waals surface area (Å²) in [5.74, 6) is -0.750. The molecule has 0 saturated heterocycles. The van der Waals surface area contributed by atoms with E-state index in [0.29, 0.717) is 0 Å². The Morgan fingerprint density at radius 1 is 0.765 bits per heavy atom. The minimum absolute atomic E-state index is 0. The number of hydrogen-bond donors (Lipinski definition) is 0. The van der Waals surface area contributed by atoms with Crippen LogP contribution in [0.25, 0.3) is 0 Å². The first-order chi connectivity index (χ1) is 6.25. The van der Waals surface area contributed by atoms with Gasteiger partial charge in [0.05, 0.1) is 0 Å². The summed E-state index contributed by atoms with van der Waals surface area (Å²) < 4.78 is 0. The third-order valence-corrected chi connectivity index (χ3v) is 0.813. The summed E-state index contributed by atoms with van der Waals surface area (Å²) in [4.78, 5) is 20.0. The molecule has 0 N–H and O–H groups in total. The van der Waals surface area contributed by atoms with E-state index in [9.17, 15) is 19.8 Å². The molecule has 0 fully saturated rings. The van der Waals surface area contributed by atoms with Gasteiger partial charge in [0.1, 0.15) is 0 Å². The van der Waals surface area contributed by atoms with Gasteiger partial charge >= 0.3 is 21.1 Å². The van der Waals surface area contributed by atoms with Crippen molar-refractivity contribution >= 4 is 11.6 Å². The van der Waals surface area contributed by atoms with E-state index in [0.717, 1.165) is 12.2 Å². The molecule has 0 amide bonds. The molecule has 0 heterocycles. The quantitative estimate of drug-likeness (QED) is 0.301. The number of carbonyl (C=O) groups is 2. The van der Waals surface area contributed by atoms with Gasteiger partial charge in [0.25, 0.3) is 0 Å². The number of hydrogen-bond acceptors (Lipinski definition) is 4. The molecule has 0 atom stereocenters. The zero-order chi connectivity index (χ0) is 11.7. The van der Waals surface area contributed by atoms with Crippen molar-refractivity contribution in [1.82, 2.24) is 0 Å². The van der Waals surface area contributed by atoms with Gasteiger partial charge in [-0.3, -0.25) is 9.59 Å². The van der Waals surface area contributed by atoms with Gasteiger partial charge in [0.15, 0.2) is 11.6 Å². The molecular formula is C10H14Cl2O4Pt. The first-order valence-electron chi connectivity index (χ1n) is 3.97. The second-order valence-electron chi connectivity index (χ2n) is 2.73. The van der Waals surface area contributed by atoms with E-state index in [4.69, 9.17) is 0 Å². The molecule has 0 aromatic carbocycles. The molecule has 0 aromatic rings. The summed E-state index contributed by atoms with van der Waals surface area (Å²) in [5, 5.41) is 20.0. The molecule has 0 unspecified atom stereocenters. The van der Waals surface area contributed by atoms with Crippen molar-refractivity contribution in [3.05, 3.63) is 23.7 Å². The van der Waals surface area contributed by atoms with E-state index in [-0.39, 0.29) is 69.0 Å². The maximum absolute atomic E-state index is 9.98. The Hall–Kier alpha value is -0.312. The van der Waals surface area contributed by atoms with Crippen molar-refractivity contribution in [3.63, 3.8) is 0 Å². The number of allylic oxidation sites excluding steroid dienone is 4. The standard InChI is InChI=1S/2C5H8O2.2ClH.Pt/c2*1-4(6)3-5(2)7;;;/h2*3,6H,1-2H3;2*1H;/q;;;;+4/p-4. The number of carbonyl (C=O) groups excluding carboxylic acids is 2. The average Bonchev–Trinajstić information content (AvgIpc) is 1.79. The van der Waals surface area contributed by atoms with Gasteiger partial charge in [0.2, 0.25) is 0 Å². The van der Waals surface area contributed by atoms with Gasteiger partial charge in [-0.1, -0.05) is 13.8 Å². The minimum atomic E-state index is -0.187. The van der Waals surface area contributed by atoms with E-state index >= 15 is 0 Å². The van der Waals surface area contributed by atoms with Crippen LogP contribution < -0.4 is 35.0 Å². The minimum Gasteiger partial charge on any atom is -1.00 e. The summed E-state index contributed by atoms with van der Waals surface area (Å²) in [5.41, 5.74) is 0. The smallest absolute Gasteiger partial charge is 1.00 e. The first-order valence-corrected chi connectivity index (χ1v) is 3.97. The van der Waals surface area contributed by atoms with Crippen LogP contribution >= 0.6 is 0 Å². The van der Waals surface area contributed by atoms with Gasteiger partial charge in [0, 0.05) is 0 Å². The van der Waals surface area contributed by atoms with E-state index in [1.807, 2.05) is 0 Å². The predicted molar refractivity (Wildman–Crippen MR) is 48.9 cm³/mol. The second kappa shape index (κ2) is 18.1.